The second-order valence-electron chi connectivity index (χ2n) is 5.01. The molecule has 1 fully saturated rings. The molecule has 1 aliphatic rings. The zero-order valence-corrected chi connectivity index (χ0v) is 11.0. The average molecular weight is 251 g/mol. The summed E-state index contributed by atoms with van der Waals surface area (Å²) >= 11 is 5.84. The van der Waals surface area contributed by atoms with Gasteiger partial charge >= 0.3 is 0 Å². The zero-order chi connectivity index (χ0) is 12.3. The summed E-state index contributed by atoms with van der Waals surface area (Å²) in [6.07, 6.45) is 5.81. The van der Waals surface area contributed by atoms with Crippen molar-refractivity contribution in [2.45, 2.75) is 39.0 Å². The lowest BCUT2D eigenvalue weighted by Gasteiger charge is -2.27. The first-order valence-electron chi connectivity index (χ1n) is 6.50. The first-order valence-corrected chi connectivity index (χ1v) is 6.88. The fraction of sp³-hybridized carbons (Fsp3) is 0.533. The van der Waals surface area contributed by atoms with Gasteiger partial charge in [-0.1, -0.05) is 37.8 Å². The number of halogens is 1. The highest BCUT2D eigenvalue weighted by atomic mass is 35.5. The molecule has 92 valence electrons. The van der Waals surface area contributed by atoms with Gasteiger partial charge in [-0.25, -0.2) is 0 Å². The number of benzene rings is 1. The number of ketones is 1. The van der Waals surface area contributed by atoms with Crippen molar-refractivity contribution in [3.8, 4) is 0 Å². The number of carbonyl (C=O) groups excluding carboxylic acids is 1. The molecule has 1 aliphatic carbocycles. The second kappa shape index (κ2) is 5.68. The summed E-state index contributed by atoms with van der Waals surface area (Å²) in [5.74, 6) is 1.28. The van der Waals surface area contributed by atoms with E-state index in [0.29, 0.717) is 10.8 Å². The third-order valence-electron chi connectivity index (χ3n) is 3.86. The van der Waals surface area contributed by atoms with Crippen molar-refractivity contribution < 1.29 is 4.79 Å². The summed E-state index contributed by atoms with van der Waals surface area (Å²) in [5.41, 5.74) is 0.816. The van der Waals surface area contributed by atoms with E-state index in [1.807, 2.05) is 12.1 Å². The molecule has 0 amide bonds. The SMILES string of the molecule is CCC1CCCC(C(=O)c2ccc(Cl)cc2)C1. The van der Waals surface area contributed by atoms with Crippen LogP contribution in [-0.4, -0.2) is 5.78 Å². The van der Waals surface area contributed by atoms with Crippen LogP contribution in [0, 0.1) is 11.8 Å². The van der Waals surface area contributed by atoms with Crippen LogP contribution in [0.4, 0.5) is 0 Å². The van der Waals surface area contributed by atoms with E-state index in [-0.39, 0.29) is 5.92 Å². The van der Waals surface area contributed by atoms with Gasteiger partial charge in [0.1, 0.15) is 0 Å². The van der Waals surface area contributed by atoms with Gasteiger partial charge in [0, 0.05) is 16.5 Å². The highest BCUT2D eigenvalue weighted by Crippen LogP contribution is 2.33. The van der Waals surface area contributed by atoms with E-state index in [9.17, 15) is 4.79 Å². The summed E-state index contributed by atoms with van der Waals surface area (Å²) in [5, 5.41) is 0.691. The van der Waals surface area contributed by atoms with Gasteiger partial charge in [0.2, 0.25) is 0 Å². The number of carbonyl (C=O) groups is 1. The maximum atomic E-state index is 12.3. The lowest BCUT2D eigenvalue weighted by atomic mass is 9.77. The zero-order valence-electron chi connectivity index (χ0n) is 10.3. The first kappa shape index (κ1) is 12.6. The Bertz CT molecular complexity index is 382. The molecule has 2 heteroatoms. The summed E-state index contributed by atoms with van der Waals surface area (Å²) in [6, 6.07) is 7.30. The molecule has 0 N–H and O–H groups in total. The van der Waals surface area contributed by atoms with Gasteiger partial charge in [0.15, 0.2) is 5.78 Å². The molecule has 2 unspecified atom stereocenters. The summed E-state index contributed by atoms with van der Waals surface area (Å²) in [4.78, 5) is 12.3. The minimum atomic E-state index is 0.231. The van der Waals surface area contributed by atoms with Gasteiger partial charge in [-0.05, 0) is 43.0 Å². The minimum Gasteiger partial charge on any atom is -0.294 e. The maximum absolute atomic E-state index is 12.3. The fourth-order valence-corrected chi connectivity index (χ4v) is 2.88. The van der Waals surface area contributed by atoms with Crippen molar-refractivity contribution in [1.82, 2.24) is 0 Å². The van der Waals surface area contributed by atoms with E-state index < -0.39 is 0 Å². The predicted molar refractivity (Wildman–Crippen MR) is 71.5 cm³/mol. The van der Waals surface area contributed by atoms with Crippen molar-refractivity contribution in [3.05, 3.63) is 34.9 Å². The Morgan fingerprint density at radius 3 is 2.65 bits per heavy atom. The monoisotopic (exact) mass is 250 g/mol. The largest absolute Gasteiger partial charge is 0.294 e. The second-order valence-corrected chi connectivity index (χ2v) is 5.45. The molecule has 0 aromatic heterocycles. The van der Waals surface area contributed by atoms with Crippen molar-refractivity contribution in [2.75, 3.05) is 0 Å². The molecule has 0 spiro atoms. The van der Waals surface area contributed by atoms with Crippen LogP contribution in [0.2, 0.25) is 5.02 Å². The van der Waals surface area contributed by atoms with E-state index in [2.05, 4.69) is 6.92 Å². The van der Waals surface area contributed by atoms with E-state index in [0.717, 1.165) is 24.3 Å². The number of hydrogen-bond donors (Lipinski definition) is 0. The standard InChI is InChI=1S/C15H19ClO/c1-2-11-4-3-5-13(10-11)15(17)12-6-8-14(16)9-7-12/h6-9,11,13H,2-5,10H2,1H3. The molecule has 1 nitrogen and oxygen atoms in total. The Hall–Kier alpha value is -0.820. The Balaban J connectivity index is 2.06. The van der Waals surface area contributed by atoms with E-state index in [4.69, 9.17) is 11.6 Å². The quantitative estimate of drug-likeness (QED) is 0.709. The van der Waals surface area contributed by atoms with Gasteiger partial charge in [0.05, 0.1) is 0 Å². The molecule has 1 aromatic rings. The van der Waals surface area contributed by atoms with Gasteiger partial charge in [0.25, 0.3) is 0 Å². The van der Waals surface area contributed by atoms with Crippen LogP contribution in [0.3, 0.4) is 0 Å². The smallest absolute Gasteiger partial charge is 0.165 e. The van der Waals surface area contributed by atoms with Crippen LogP contribution >= 0.6 is 11.6 Å². The van der Waals surface area contributed by atoms with Gasteiger partial charge in [-0.3, -0.25) is 4.79 Å². The Kier molecular flexibility index (Phi) is 4.22. The van der Waals surface area contributed by atoms with E-state index in [1.54, 1.807) is 12.1 Å². The lowest BCUT2D eigenvalue weighted by molar-refractivity contribution is 0.0862. The predicted octanol–water partition coefficient (Wildman–Crippen LogP) is 4.74. The van der Waals surface area contributed by atoms with Gasteiger partial charge in [-0.15, -0.1) is 0 Å². The Morgan fingerprint density at radius 2 is 2.00 bits per heavy atom. The molecular weight excluding hydrogens is 232 g/mol. The molecular formula is C15H19ClO. The van der Waals surface area contributed by atoms with Crippen molar-refractivity contribution >= 4 is 17.4 Å². The summed E-state index contributed by atoms with van der Waals surface area (Å²) in [6.45, 7) is 2.22. The molecule has 0 heterocycles. The maximum Gasteiger partial charge on any atom is 0.165 e. The van der Waals surface area contributed by atoms with Gasteiger partial charge in [-0.2, -0.15) is 0 Å². The molecule has 1 aromatic carbocycles. The van der Waals surface area contributed by atoms with Crippen LogP contribution < -0.4 is 0 Å². The molecule has 2 atom stereocenters. The highest BCUT2D eigenvalue weighted by molar-refractivity contribution is 6.30. The van der Waals surface area contributed by atoms with Crippen LogP contribution in [0.1, 0.15) is 49.4 Å². The normalized spacial score (nSPS) is 24.6. The topological polar surface area (TPSA) is 17.1 Å². The van der Waals surface area contributed by atoms with Crippen molar-refractivity contribution in [1.29, 1.82) is 0 Å². The van der Waals surface area contributed by atoms with Crippen LogP contribution in [0.25, 0.3) is 0 Å². The van der Waals surface area contributed by atoms with Crippen molar-refractivity contribution in [3.63, 3.8) is 0 Å². The molecule has 17 heavy (non-hydrogen) atoms. The summed E-state index contributed by atoms with van der Waals surface area (Å²) < 4.78 is 0. The third-order valence-corrected chi connectivity index (χ3v) is 4.11. The van der Waals surface area contributed by atoms with Gasteiger partial charge < -0.3 is 0 Å². The molecule has 1 saturated carbocycles. The molecule has 0 radical (unpaired) electrons. The number of rotatable bonds is 3. The highest BCUT2D eigenvalue weighted by Gasteiger charge is 2.26. The fourth-order valence-electron chi connectivity index (χ4n) is 2.75. The van der Waals surface area contributed by atoms with Crippen molar-refractivity contribution in [2.24, 2.45) is 11.8 Å². The summed E-state index contributed by atoms with van der Waals surface area (Å²) in [7, 11) is 0. The first-order chi connectivity index (χ1) is 8.20. The average Bonchev–Trinajstić information content (AvgIpc) is 2.39. The number of Topliss-reactive ketones (excluding diaryl/α,β-unsaturated/α-hetero) is 1. The minimum absolute atomic E-state index is 0.231. The Morgan fingerprint density at radius 1 is 1.29 bits per heavy atom. The van der Waals surface area contributed by atoms with Crippen LogP contribution in [0.15, 0.2) is 24.3 Å². The van der Waals surface area contributed by atoms with E-state index >= 15 is 0 Å². The molecule has 0 aliphatic heterocycles. The molecule has 2 rings (SSSR count). The molecule has 0 bridgehead atoms. The lowest BCUT2D eigenvalue weighted by Crippen LogP contribution is -2.22. The van der Waals surface area contributed by atoms with E-state index in [1.165, 1.54) is 19.3 Å². The van der Waals surface area contributed by atoms with Crippen LogP contribution in [-0.2, 0) is 0 Å². The third kappa shape index (κ3) is 3.10. The Labute approximate surface area is 108 Å². The number of hydrogen-bond acceptors (Lipinski definition) is 1. The molecule has 0 saturated heterocycles. The van der Waals surface area contributed by atoms with Crippen LogP contribution in [0.5, 0.6) is 0 Å².